The Labute approximate surface area is 367 Å². The highest BCUT2D eigenvalue weighted by Crippen LogP contribution is 2.41. The van der Waals surface area contributed by atoms with E-state index in [0.29, 0.717) is 38.0 Å². The van der Waals surface area contributed by atoms with Gasteiger partial charge in [0.05, 0.1) is 25.1 Å². The zero-order chi connectivity index (χ0) is 45.3. The van der Waals surface area contributed by atoms with E-state index in [-0.39, 0.29) is 42.9 Å². The average molecular weight is 862 g/mol. The number of pyridine rings is 1. The summed E-state index contributed by atoms with van der Waals surface area (Å²) in [5.41, 5.74) is 15.2. The van der Waals surface area contributed by atoms with Crippen molar-refractivity contribution in [2.75, 3.05) is 45.0 Å². The number of benzene rings is 2. The van der Waals surface area contributed by atoms with Crippen molar-refractivity contribution in [3.05, 3.63) is 88.1 Å². The number of aromatic nitrogens is 4. The van der Waals surface area contributed by atoms with Crippen LogP contribution in [0.1, 0.15) is 64.2 Å². The number of carbonyl (C=O) groups is 3. The molecule has 6 bridgehead atoms. The zero-order valence-corrected chi connectivity index (χ0v) is 37.4. The van der Waals surface area contributed by atoms with Crippen molar-refractivity contribution in [1.29, 1.82) is 0 Å². The number of amides is 2. The molecule has 0 radical (unpaired) electrons. The third kappa shape index (κ3) is 9.14. The summed E-state index contributed by atoms with van der Waals surface area (Å²) in [6, 6.07) is 10.7. The van der Waals surface area contributed by atoms with Crippen LogP contribution in [0.25, 0.3) is 33.3 Å². The van der Waals surface area contributed by atoms with Crippen LogP contribution < -0.4 is 21.6 Å². The molecule has 334 valence electrons. The number of nitrogen functional groups attached to an aromatic ring is 1. The number of phenols is 1. The van der Waals surface area contributed by atoms with Gasteiger partial charge in [-0.25, -0.2) is 10.4 Å². The molecule has 1 saturated heterocycles. The molecule has 2 amide bonds. The summed E-state index contributed by atoms with van der Waals surface area (Å²) >= 11 is 0. The number of phenolic OH excluding ortho intramolecular Hbond substituents is 1. The maximum absolute atomic E-state index is 14.8. The van der Waals surface area contributed by atoms with E-state index in [4.69, 9.17) is 15.2 Å². The fraction of sp³-hybridized carbons (Fsp3) is 0.447. The standard InChI is InChI=1S/C47H59N9O7/c1-9-55-37-13-12-29-21-33(37)34(41(55)35-23-49-15-14-30(35)25-62-8)22-47(4,5)26-63-45(61)36-11-10-16-56(52-36)43(59)38(19-28-17-31(29)20-32(57)18-28)54(7)44(60)40(27(2)3)53(6)39-24-50-46(48)51-42(39)58/h12-15,17-18,20-21,23-24,27,36,38,40,52,57H,9-11,16,19,22,25-26H2,1-8H3,(H3,48,50,51,58)/t36-,38-,40-/m0/s1. The first-order valence-electron chi connectivity index (χ1n) is 21.5. The molecule has 0 spiro atoms. The van der Waals surface area contributed by atoms with Gasteiger partial charge in [0.15, 0.2) is 5.95 Å². The van der Waals surface area contributed by atoms with E-state index in [1.54, 1.807) is 44.4 Å². The number of esters is 1. The predicted octanol–water partition coefficient (Wildman–Crippen LogP) is 5.06. The van der Waals surface area contributed by atoms with Crippen molar-refractivity contribution < 1.29 is 29.0 Å². The van der Waals surface area contributed by atoms with E-state index < -0.39 is 46.9 Å². The van der Waals surface area contributed by atoms with E-state index in [1.807, 2.05) is 38.2 Å². The number of aromatic amines is 1. The Morgan fingerprint density at radius 1 is 1.10 bits per heavy atom. The molecule has 5 N–H and O–H groups in total. The highest BCUT2D eigenvalue weighted by atomic mass is 16.5. The number of nitrogens with zero attached hydrogens (tertiary/aromatic N) is 6. The number of aryl methyl sites for hydroxylation is 1. The molecule has 2 aliphatic heterocycles. The first-order valence-corrected chi connectivity index (χ1v) is 21.5. The number of aromatic hydroxyl groups is 1. The maximum atomic E-state index is 14.8. The smallest absolute Gasteiger partial charge is 0.324 e. The molecule has 2 aliphatic rings. The number of hydrogen-bond donors (Lipinski definition) is 4. The SMILES string of the molecule is CCn1c(-c2cnccc2COC)c2c3cc(ccc31)-c1cc(O)cc(c1)C[C@H](N(C)C(=O)[C@H](C(C)C)N(C)c1cnc(N)[nH]c1=O)C(=O)N1CCC[C@H](N1)C(=O)OCC(C)(C)C2. The van der Waals surface area contributed by atoms with E-state index >= 15 is 0 Å². The van der Waals surface area contributed by atoms with Gasteiger partial charge in [0.2, 0.25) is 5.91 Å². The number of nitrogens with two attached hydrogens (primary N) is 1. The van der Waals surface area contributed by atoms with Crippen molar-refractivity contribution in [3.8, 4) is 28.1 Å². The lowest BCUT2D eigenvalue weighted by Gasteiger charge is -2.40. The molecular formula is C47H59N9O7. The maximum Gasteiger partial charge on any atom is 0.324 e. The van der Waals surface area contributed by atoms with Gasteiger partial charge in [-0.15, -0.1) is 0 Å². The third-order valence-corrected chi connectivity index (χ3v) is 12.3. The molecule has 16 heteroatoms. The van der Waals surface area contributed by atoms with Crippen LogP contribution in [0.2, 0.25) is 0 Å². The first-order chi connectivity index (χ1) is 30.0. The predicted molar refractivity (Wildman–Crippen MR) is 242 cm³/mol. The fourth-order valence-corrected chi connectivity index (χ4v) is 9.16. The molecule has 1 fully saturated rings. The summed E-state index contributed by atoms with van der Waals surface area (Å²) in [6.07, 6.45) is 6.50. The topological polar surface area (TPSA) is 201 Å². The summed E-state index contributed by atoms with van der Waals surface area (Å²) in [4.78, 5) is 70.5. The van der Waals surface area contributed by atoms with Gasteiger partial charge in [0, 0.05) is 75.0 Å². The van der Waals surface area contributed by atoms with Gasteiger partial charge in [-0.05, 0) is 90.3 Å². The second-order valence-corrected chi connectivity index (χ2v) is 17.9. The Balaban J connectivity index is 1.37. The molecule has 2 aromatic carbocycles. The van der Waals surface area contributed by atoms with Gasteiger partial charge in [0.25, 0.3) is 11.5 Å². The average Bonchev–Trinajstić information content (AvgIpc) is 3.55. The van der Waals surface area contributed by atoms with Gasteiger partial charge in [-0.1, -0.05) is 39.8 Å². The van der Waals surface area contributed by atoms with Crippen molar-refractivity contribution in [3.63, 3.8) is 0 Å². The molecule has 0 saturated carbocycles. The summed E-state index contributed by atoms with van der Waals surface area (Å²) in [5, 5.41) is 13.7. The van der Waals surface area contributed by atoms with E-state index in [2.05, 4.69) is 57.8 Å². The van der Waals surface area contributed by atoms with Gasteiger partial charge >= 0.3 is 5.97 Å². The molecule has 3 atom stereocenters. The van der Waals surface area contributed by atoms with E-state index in [1.165, 1.54) is 16.1 Å². The van der Waals surface area contributed by atoms with Crippen LogP contribution in [0.3, 0.4) is 0 Å². The number of nitrogens with one attached hydrogen (secondary N) is 2. The van der Waals surface area contributed by atoms with Crippen LogP contribution in [-0.4, -0.2) is 105 Å². The lowest BCUT2D eigenvalue weighted by molar-refractivity contribution is -0.157. The van der Waals surface area contributed by atoms with Gasteiger partial charge in [-0.2, -0.15) is 0 Å². The van der Waals surface area contributed by atoms with Crippen molar-refractivity contribution >= 4 is 40.3 Å². The molecule has 5 aromatic rings. The van der Waals surface area contributed by atoms with E-state index in [9.17, 15) is 24.3 Å². The molecular weight excluding hydrogens is 803 g/mol. The highest BCUT2D eigenvalue weighted by Gasteiger charge is 2.40. The second kappa shape index (κ2) is 18.2. The Hall–Kier alpha value is -6.26. The lowest BCUT2D eigenvalue weighted by Crippen LogP contribution is -2.62. The number of ether oxygens (including phenoxy) is 2. The summed E-state index contributed by atoms with van der Waals surface area (Å²) in [6.45, 7) is 11.4. The van der Waals surface area contributed by atoms with Crippen LogP contribution in [0, 0.1) is 11.3 Å². The first kappa shape index (κ1) is 44.8. The summed E-state index contributed by atoms with van der Waals surface area (Å²) in [7, 11) is 4.87. The number of rotatable bonds is 9. The molecule has 7 rings (SSSR count). The number of carbonyl (C=O) groups excluding carboxylic acids is 3. The summed E-state index contributed by atoms with van der Waals surface area (Å²) < 4.78 is 14.0. The number of hydrazine groups is 1. The molecule has 0 unspecified atom stereocenters. The highest BCUT2D eigenvalue weighted by molar-refractivity contribution is 5.96. The number of anilines is 2. The van der Waals surface area contributed by atoms with E-state index in [0.717, 1.165) is 44.4 Å². The van der Waals surface area contributed by atoms with Gasteiger partial charge < -0.3 is 34.7 Å². The quantitative estimate of drug-likeness (QED) is 0.144. The van der Waals surface area contributed by atoms with Crippen molar-refractivity contribution in [1.82, 2.24) is 34.9 Å². The van der Waals surface area contributed by atoms with Crippen LogP contribution >= 0.6 is 0 Å². The molecule has 16 nitrogen and oxygen atoms in total. The number of fused-ring (bicyclic) bond motifs is 6. The number of cyclic esters (lactones) is 1. The number of H-pyrrole nitrogens is 1. The molecule has 63 heavy (non-hydrogen) atoms. The van der Waals surface area contributed by atoms with Gasteiger partial charge in [0.1, 0.15) is 29.6 Å². The molecule has 0 aliphatic carbocycles. The largest absolute Gasteiger partial charge is 0.508 e. The lowest BCUT2D eigenvalue weighted by atomic mass is 9.84. The number of likely N-dealkylation sites (N-methyl/N-ethyl adjacent to an activating group) is 2. The minimum absolute atomic E-state index is 0.00121. The van der Waals surface area contributed by atoms with Crippen molar-refractivity contribution in [2.24, 2.45) is 11.3 Å². The third-order valence-electron chi connectivity index (χ3n) is 12.3. The van der Waals surface area contributed by atoms with Crippen molar-refractivity contribution in [2.45, 2.75) is 91.6 Å². The number of hydrogen-bond acceptors (Lipinski definition) is 12. The van der Waals surface area contributed by atoms with Crippen LogP contribution in [-0.2, 0) is 49.9 Å². The minimum atomic E-state index is -1.10. The normalized spacial score (nSPS) is 18.5. The Morgan fingerprint density at radius 3 is 2.59 bits per heavy atom. The van der Waals surface area contributed by atoms with Crippen LogP contribution in [0.15, 0.2) is 65.8 Å². The summed E-state index contributed by atoms with van der Waals surface area (Å²) in [5.74, 6) is -1.70. The number of methoxy groups -OCH3 is 1. The molecule has 3 aromatic heterocycles. The zero-order valence-electron chi connectivity index (χ0n) is 37.4. The van der Waals surface area contributed by atoms with Crippen LogP contribution in [0.5, 0.6) is 5.75 Å². The molecule has 5 heterocycles. The Kier molecular flexibility index (Phi) is 13.0. The van der Waals surface area contributed by atoms with Gasteiger partial charge in [-0.3, -0.25) is 34.2 Å². The second-order valence-electron chi connectivity index (χ2n) is 17.9. The fourth-order valence-electron chi connectivity index (χ4n) is 9.16. The minimum Gasteiger partial charge on any atom is -0.508 e. The monoisotopic (exact) mass is 861 g/mol. The Bertz CT molecular complexity index is 2580. The Morgan fingerprint density at radius 2 is 1.87 bits per heavy atom. The van der Waals surface area contributed by atoms with Crippen LogP contribution in [0.4, 0.5) is 11.6 Å².